The van der Waals surface area contributed by atoms with Gasteiger partial charge in [-0.3, -0.25) is 9.59 Å². The van der Waals surface area contributed by atoms with Crippen LogP contribution in [0.1, 0.15) is 55.8 Å². The van der Waals surface area contributed by atoms with E-state index in [1.807, 2.05) is 13.0 Å². The van der Waals surface area contributed by atoms with Crippen molar-refractivity contribution in [1.82, 2.24) is 5.32 Å². The number of aryl methyl sites for hydroxylation is 1. The normalized spacial score (nSPS) is 15.5. The third kappa shape index (κ3) is 4.57. The zero-order chi connectivity index (χ0) is 22.0. The van der Waals surface area contributed by atoms with Gasteiger partial charge < -0.3 is 15.0 Å². The number of nitrogens with one attached hydrogen (secondary N) is 1. The smallest absolute Gasteiger partial charge is 0.254 e. The lowest BCUT2D eigenvalue weighted by Crippen LogP contribution is -2.37. The molecule has 0 saturated carbocycles. The highest BCUT2D eigenvalue weighted by molar-refractivity contribution is 6.38. The minimum Gasteiger partial charge on any atom is -0.493 e. The maximum atomic E-state index is 13.0. The SMILES string of the molecule is CC(=O)NC1C(=O)N(CCCOc2cc(C)ccc2C(C)C)c2c(Cl)ccc(Cl)c21. The first-order valence-corrected chi connectivity index (χ1v) is 10.8. The average molecular weight is 449 g/mol. The molecule has 0 saturated heterocycles. The molecule has 30 heavy (non-hydrogen) atoms. The summed E-state index contributed by atoms with van der Waals surface area (Å²) in [6.45, 7) is 8.52. The summed E-state index contributed by atoms with van der Waals surface area (Å²) in [6, 6.07) is 8.69. The number of carbonyl (C=O) groups is 2. The van der Waals surface area contributed by atoms with Crippen molar-refractivity contribution in [2.45, 2.75) is 46.1 Å². The van der Waals surface area contributed by atoms with Crippen LogP contribution in [0.5, 0.6) is 5.75 Å². The minimum absolute atomic E-state index is 0.242. The first-order valence-electron chi connectivity index (χ1n) is 10.0. The van der Waals surface area contributed by atoms with E-state index in [2.05, 4.69) is 31.3 Å². The van der Waals surface area contributed by atoms with Gasteiger partial charge in [0.2, 0.25) is 5.91 Å². The van der Waals surface area contributed by atoms with Gasteiger partial charge in [0.05, 0.1) is 17.3 Å². The zero-order valence-electron chi connectivity index (χ0n) is 17.6. The van der Waals surface area contributed by atoms with E-state index in [4.69, 9.17) is 27.9 Å². The Morgan fingerprint density at radius 3 is 2.57 bits per heavy atom. The summed E-state index contributed by atoms with van der Waals surface area (Å²) >= 11 is 12.7. The van der Waals surface area contributed by atoms with Crippen molar-refractivity contribution in [2.75, 3.05) is 18.1 Å². The largest absolute Gasteiger partial charge is 0.493 e. The molecule has 2 aromatic carbocycles. The third-order valence-corrected chi connectivity index (χ3v) is 5.74. The van der Waals surface area contributed by atoms with Crippen LogP contribution in [-0.2, 0) is 9.59 Å². The van der Waals surface area contributed by atoms with Crippen LogP contribution in [0.4, 0.5) is 5.69 Å². The molecule has 0 bridgehead atoms. The van der Waals surface area contributed by atoms with Crippen molar-refractivity contribution in [3.63, 3.8) is 0 Å². The second-order valence-corrected chi connectivity index (χ2v) is 8.63. The molecular weight excluding hydrogens is 423 g/mol. The molecule has 0 aliphatic carbocycles. The van der Waals surface area contributed by atoms with Gasteiger partial charge >= 0.3 is 0 Å². The van der Waals surface area contributed by atoms with Gasteiger partial charge in [-0.25, -0.2) is 0 Å². The number of hydrogen-bond acceptors (Lipinski definition) is 3. The minimum atomic E-state index is -0.825. The van der Waals surface area contributed by atoms with Gasteiger partial charge in [0, 0.05) is 24.1 Å². The van der Waals surface area contributed by atoms with Gasteiger partial charge in [0.1, 0.15) is 11.8 Å². The molecule has 0 spiro atoms. The third-order valence-electron chi connectivity index (χ3n) is 5.11. The summed E-state index contributed by atoms with van der Waals surface area (Å²) < 4.78 is 6.04. The van der Waals surface area contributed by atoms with E-state index in [1.165, 1.54) is 6.92 Å². The Morgan fingerprint density at radius 2 is 1.90 bits per heavy atom. The predicted octanol–water partition coefficient (Wildman–Crippen LogP) is 5.42. The number of hydrogen-bond donors (Lipinski definition) is 1. The number of fused-ring (bicyclic) bond motifs is 1. The molecule has 2 aromatic rings. The van der Waals surface area contributed by atoms with Gasteiger partial charge in [-0.05, 0) is 48.6 Å². The van der Waals surface area contributed by atoms with Crippen LogP contribution in [0.3, 0.4) is 0 Å². The van der Waals surface area contributed by atoms with Gasteiger partial charge in [-0.2, -0.15) is 0 Å². The monoisotopic (exact) mass is 448 g/mol. The second-order valence-electron chi connectivity index (χ2n) is 7.81. The van der Waals surface area contributed by atoms with Crippen molar-refractivity contribution in [3.8, 4) is 5.75 Å². The van der Waals surface area contributed by atoms with Gasteiger partial charge in [-0.15, -0.1) is 0 Å². The summed E-state index contributed by atoms with van der Waals surface area (Å²) in [5, 5.41) is 3.52. The maximum Gasteiger partial charge on any atom is 0.254 e. The highest BCUT2D eigenvalue weighted by Crippen LogP contribution is 2.45. The first-order chi connectivity index (χ1) is 14.2. The lowest BCUT2D eigenvalue weighted by Gasteiger charge is -2.20. The number of halogens is 2. The number of benzene rings is 2. The second kappa shape index (κ2) is 9.27. The van der Waals surface area contributed by atoms with E-state index in [9.17, 15) is 9.59 Å². The molecule has 0 fully saturated rings. The van der Waals surface area contributed by atoms with Crippen LogP contribution >= 0.6 is 23.2 Å². The van der Waals surface area contributed by atoms with Crippen LogP contribution in [0.25, 0.3) is 0 Å². The fourth-order valence-corrected chi connectivity index (χ4v) is 4.23. The summed E-state index contributed by atoms with van der Waals surface area (Å²) in [7, 11) is 0. The van der Waals surface area contributed by atoms with E-state index in [1.54, 1.807) is 17.0 Å². The Morgan fingerprint density at radius 1 is 1.20 bits per heavy atom. The number of ether oxygens (including phenoxy) is 1. The maximum absolute atomic E-state index is 13.0. The standard InChI is InChI=1S/C23H26Cl2N2O3/c1-13(2)16-7-6-14(3)12-19(16)30-11-5-10-27-22-18(25)9-8-17(24)20(22)21(23(27)29)26-15(4)28/h6-9,12-13,21H,5,10-11H2,1-4H3,(H,26,28). The summed E-state index contributed by atoms with van der Waals surface area (Å²) in [4.78, 5) is 26.2. The van der Waals surface area contributed by atoms with E-state index >= 15 is 0 Å². The summed E-state index contributed by atoms with van der Waals surface area (Å²) in [6.07, 6.45) is 0.603. The van der Waals surface area contributed by atoms with Crippen molar-refractivity contribution in [2.24, 2.45) is 0 Å². The zero-order valence-corrected chi connectivity index (χ0v) is 19.1. The quantitative estimate of drug-likeness (QED) is 0.575. The molecule has 0 aromatic heterocycles. The van der Waals surface area contributed by atoms with E-state index < -0.39 is 6.04 Å². The summed E-state index contributed by atoms with van der Waals surface area (Å²) in [5.74, 6) is 0.678. The molecule has 7 heteroatoms. The number of rotatable bonds is 7. The number of nitrogens with zero attached hydrogens (tertiary/aromatic N) is 1. The molecule has 1 atom stereocenters. The molecule has 1 N–H and O–H groups in total. The molecule has 1 aliphatic rings. The Hall–Kier alpha value is -2.24. The topological polar surface area (TPSA) is 58.6 Å². The van der Waals surface area contributed by atoms with Crippen molar-refractivity contribution in [1.29, 1.82) is 0 Å². The predicted molar refractivity (Wildman–Crippen MR) is 121 cm³/mol. The Kier molecular flexibility index (Phi) is 6.94. The molecule has 1 aliphatic heterocycles. The molecule has 160 valence electrons. The molecule has 5 nitrogen and oxygen atoms in total. The lowest BCUT2D eigenvalue weighted by atomic mass is 10.0. The van der Waals surface area contributed by atoms with Crippen LogP contribution in [0, 0.1) is 6.92 Å². The van der Waals surface area contributed by atoms with Gasteiger partial charge in [0.25, 0.3) is 5.91 Å². The van der Waals surface area contributed by atoms with Crippen LogP contribution < -0.4 is 15.0 Å². The van der Waals surface area contributed by atoms with Crippen LogP contribution in [0.15, 0.2) is 30.3 Å². The fraction of sp³-hybridized carbons (Fsp3) is 0.391. The Balaban J connectivity index is 1.74. The number of carbonyl (C=O) groups excluding carboxylic acids is 2. The molecule has 1 unspecified atom stereocenters. The van der Waals surface area contributed by atoms with Crippen molar-refractivity contribution in [3.05, 3.63) is 57.1 Å². The van der Waals surface area contributed by atoms with E-state index in [-0.39, 0.29) is 11.8 Å². The van der Waals surface area contributed by atoms with Crippen LogP contribution in [-0.4, -0.2) is 25.0 Å². The van der Waals surface area contributed by atoms with E-state index in [0.717, 1.165) is 16.9 Å². The van der Waals surface area contributed by atoms with Crippen molar-refractivity contribution < 1.29 is 14.3 Å². The van der Waals surface area contributed by atoms with Crippen molar-refractivity contribution >= 4 is 40.7 Å². The molecule has 2 amide bonds. The highest BCUT2D eigenvalue weighted by atomic mass is 35.5. The first kappa shape index (κ1) is 22.4. The summed E-state index contributed by atoms with van der Waals surface area (Å²) in [5.41, 5.74) is 3.40. The fourth-order valence-electron chi connectivity index (χ4n) is 3.70. The van der Waals surface area contributed by atoms with Gasteiger partial charge in [0.15, 0.2) is 0 Å². The Bertz CT molecular complexity index is 975. The highest BCUT2D eigenvalue weighted by Gasteiger charge is 2.40. The van der Waals surface area contributed by atoms with Gasteiger partial charge in [-0.1, -0.05) is 49.2 Å². The molecule has 1 heterocycles. The lowest BCUT2D eigenvalue weighted by molar-refractivity contribution is -0.126. The van der Waals surface area contributed by atoms with Crippen LogP contribution in [0.2, 0.25) is 10.0 Å². The number of amides is 2. The number of anilines is 1. The molecular formula is C23H26Cl2N2O3. The molecule has 3 rings (SSSR count). The van der Waals surface area contributed by atoms with E-state index in [0.29, 0.717) is 46.8 Å². The molecule has 0 radical (unpaired) electrons. The average Bonchev–Trinajstić information content (AvgIpc) is 2.94. The Labute approximate surface area is 187 Å².